The maximum absolute atomic E-state index is 4.40. The van der Waals surface area contributed by atoms with Crippen LogP contribution in [0.1, 0.15) is 0 Å². The molecule has 0 bridgehead atoms. The van der Waals surface area contributed by atoms with Crippen molar-refractivity contribution in [3.8, 4) is 22.5 Å². The number of pyridine rings is 4. The summed E-state index contributed by atoms with van der Waals surface area (Å²) >= 11 is 0. The van der Waals surface area contributed by atoms with E-state index in [9.17, 15) is 0 Å². The molecule has 6 heteroatoms. The lowest BCUT2D eigenvalue weighted by Crippen LogP contribution is -3.00. The highest BCUT2D eigenvalue weighted by atomic mass is 35.5. The summed E-state index contributed by atoms with van der Waals surface area (Å²) in [5.74, 6) is 0. The first-order valence-electron chi connectivity index (χ1n) is 10.6. The van der Waals surface area contributed by atoms with Crippen molar-refractivity contribution in [1.29, 1.82) is 0 Å². The molecule has 0 N–H and O–H groups in total. The van der Waals surface area contributed by atoms with E-state index in [0.29, 0.717) is 0 Å². The van der Waals surface area contributed by atoms with E-state index < -0.39 is 0 Å². The van der Waals surface area contributed by atoms with Gasteiger partial charge in [0, 0.05) is 71.7 Å². The number of aromatic nitrogens is 4. The maximum atomic E-state index is 4.40. The van der Waals surface area contributed by atoms with Gasteiger partial charge in [0.25, 0.3) is 0 Å². The third-order valence-electron chi connectivity index (χ3n) is 5.76. The van der Waals surface area contributed by atoms with Crippen molar-refractivity contribution in [2.24, 2.45) is 0 Å². The number of benzene rings is 2. The fraction of sp³-hybridized carbons (Fsp3) is 0. The average molecular weight is 483 g/mol. The number of hydrogen-bond acceptors (Lipinski definition) is 2. The summed E-state index contributed by atoms with van der Waals surface area (Å²) in [6.07, 6.45) is 12.1. The van der Waals surface area contributed by atoms with Gasteiger partial charge >= 0.3 is 0 Å². The first-order chi connectivity index (χ1) is 15.8. The summed E-state index contributed by atoms with van der Waals surface area (Å²) in [6.45, 7) is 0. The number of halogens is 2. The van der Waals surface area contributed by atoms with Crippen LogP contribution in [0.4, 0.5) is 0 Å². The summed E-state index contributed by atoms with van der Waals surface area (Å²) in [7, 11) is 0. The molecule has 0 fully saturated rings. The van der Waals surface area contributed by atoms with Gasteiger partial charge in [-0.05, 0) is 35.4 Å². The Bertz CT molecular complexity index is 1450. The topological polar surface area (TPSA) is 33.5 Å². The number of fused-ring (bicyclic) bond motifs is 2. The van der Waals surface area contributed by atoms with Crippen LogP contribution < -0.4 is 33.9 Å². The van der Waals surface area contributed by atoms with Crippen molar-refractivity contribution in [3.05, 3.63) is 122 Å². The predicted octanol–water partition coefficient (Wildman–Crippen LogP) is -0.989. The molecule has 0 aliphatic heterocycles. The molecule has 0 unspecified atom stereocenters. The number of hydrogen-bond donors (Lipinski definition) is 0. The lowest BCUT2D eigenvalue weighted by Gasteiger charge is -2.03. The van der Waals surface area contributed by atoms with Crippen LogP contribution in [0.2, 0.25) is 0 Å². The maximum Gasteiger partial charge on any atom is 0.211 e. The standard InChI is InChI=1S/C28H20N4.2ClH/c1-3-23-19-25(5-7-27(23)29-13-1)31-15-9-21(10-16-31)22-11-17-32(18-12-22)26-6-8-28-24(20-26)4-2-14-30-28;;/h1-20H;2*1H/q+2;;/p-2. The van der Waals surface area contributed by atoms with Gasteiger partial charge in [-0.15, -0.1) is 0 Å². The van der Waals surface area contributed by atoms with Crippen LogP contribution in [0, 0.1) is 0 Å². The Hall–Kier alpha value is -3.86. The number of nitrogens with zero attached hydrogens (tertiary/aromatic N) is 4. The van der Waals surface area contributed by atoms with Gasteiger partial charge < -0.3 is 24.8 Å². The molecule has 2 aromatic carbocycles. The highest BCUT2D eigenvalue weighted by Gasteiger charge is 2.11. The van der Waals surface area contributed by atoms with Crippen LogP contribution in [0.5, 0.6) is 0 Å². The SMILES string of the molecule is [Cl-].[Cl-].c1cnc2ccc(-[n+]3ccc(-c4cc[n+](-c5ccc6ncccc6c5)cc4)cc3)cc2c1. The highest BCUT2D eigenvalue weighted by molar-refractivity contribution is 5.80. The Morgan fingerprint density at radius 2 is 0.882 bits per heavy atom. The van der Waals surface area contributed by atoms with Gasteiger partial charge in [-0.1, -0.05) is 12.1 Å². The van der Waals surface area contributed by atoms with Crippen LogP contribution in [-0.2, 0) is 0 Å². The normalized spacial score (nSPS) is 10.5. The molecule has 4 aromatic heterocycles. The molecule has 0 radical (unpaired) electrons. The molecule has 0 aliphatic rings. The average Bonchev–Trinajstić information content (AvgIpc) is 2.88. The van der Waals surface area contributed by atoms with Crippen molar-refractivity contribution >= 4 is 21.8 Å². The van der Waals surface area contributed by atoms with Gasteiger partial charge in [0.05, 0.1) is 11.0 Å². The predicted molar refractivity (Wildman–Crippen MR) is 126 cm³/mol. The third kappa shape index (κ3) is 4.46. The minimum Gasteiger partial charge on any atom is -1.00 e. The Morgan fingerprint density at radius 1 is 0.471 bits per heavy atom. The largest absolute Gasteiger partial charge is 1.00 e. The summed E-state index contributed by atoms with van der Waals surface area (Å²) in [6, 6.07) is 29.3. The van der Waals surface area contributed by atoms with Crippen molar-refractivity contribution in [2.75, 3.05) is 0 Å². The molecular weight excluding hydrogens is 463 g/mol. The van der Waals surface area contributed by atoms with Crippen LogP contribution in [0.25, 0.3) is 44.3 Å². The summed E-state index contributed by atoms with van der Waals surface area (Å²) in [5, 5.41) is 2.28. The van der Waals surface area contributed by atoms with E-state index in [4.69, 9.17) is 0 Å². The van der Waals surface area contributed by atoms with Gasteiger partial charge in [0.2, 0.25) is 11.4 Å². The molecule has 6 aromatic rings. The van der Waals surface area contributed by atoms with Crippen LogP contribution in [-0.4, -0.2) is 9.97 Å². The van der Waals surface area contributed by atoms with E-state index in [-0.39, 0.29) is 24.8 Å². The van der Waals surface area contributed by atoms with Crippen LogP contribution >= 0.6 is 0 Å². The Kier molecular flexibility index (Phi) is 6.82. The molecule has 0 amide bonds. The molecule has 0 spiro atoms. The Balaban J connectivity index is 0.00000137. The second-order valence-corrected chi connectivity index (χ2v) is 7.75. The van der Waals surface area contributed by atoms with Crippen LogP contribution in [0.15, 0.2) is 122 Å². The van der Waals surface area contributed by atoms with E-state index in [1.807, 2.05) is 24.5 Å². The van der Waals surface area contributed by atoms with E-state index in [0.717, 1.165) is 33.2 Å². The summed E-state index contributed by atoms with van der Waals surface area (Å²) < 4.78 is 4.25. The first kappa shape index (κ1) is 23.3. The van der Waals surface area contributed by atoms with E-state index in [2.05, 4.69) is 117 Å². The first-order valence-corrected chi connectivity index (χ1v) is 10.6. The fourth-order valence-electron chi connectivity index (χ4n) is 4.03. The van der Waals surface area contributed by atoms with Crippen molar-refractivity contribution in [3.63, 3.8) is 0 Å². The monoisotopic (exact) mass is 482 g/mol. The van der Waals surface area contributed by atoms with Gasteiger partial charge in [-0.3, -0.25) is 9.97 Å². The third-order valence-corrected chi connectivity index (χ3v) is 5.76. The van der Waals surface area contributed by atoms with Crippen molar-refractivity contribution < 1.29 is 33.9 Å². The second kappa shape index (κ2) is 9.96. The fourth-order valence-corrected chi connectivity index (χ4v) is 4.03. The Morgan fingerprint density at radius 3 is 1.29 bits per heavy atom. The molecule has 166 valence electrons. The summed E-state index contributed by atoms with van der Waals surface area (Å²) in [5.41, 5.74) is 6.61. The van der Waals surface area contributed by atoms with Crippen LogP contribution in [0.3, 0.4) is 0 Å². The zero-order valence-corrected chi connectivity index (χ0v) is 19.6. The lowest BCUT2D eigenvalue weighted by molar-refractivity contribution is -0.596. The number of rotatable bonds is 3. The zero-order chi connectivity index (χ0) is 21.3. The quantitative estimate of drug-likeness (QED) is 0.303. The minimum atomic E-state index is 0. The molecule has 34 heavy (non-hydrogen) atoms. The molecule has 0 aliphatic carbocycles. The molecular formula is C28H20Cl2N4. The van der Waals surface area contributed by atoms with Crippen molar-refractivity contribution in [2.45, 2.75) is 0 Å². The zero-order valence-electron chi connectivity index (χ0n) is 18.1. The Labute approximate surface area is 210 Å². The molecule has 0 saturated carbocycles. The lowest BCUT2D eigenvalue weighted by atomic mass is 10.1. The van der Waals surface area contributed by atoms with Gasteiger partial charge in [0.15, 0.2) is 24.8 Å². The minimum absolute atomic E-state index is 0. The van der Waals surface area contributed by atoms with Gasteiger partial charge in [-0.25, -0.2) is 0 Å². The molecule has 0 atom stereocenters. The smallest absolute Gasteiger partial charge is 0.211 e. The van der Waals surface area contributed by atoms with E-state index in [1.165, 1.54) is 11.1 Å². The van der Waals surface area contributed by atoms with Gasteiger partial charge in [0.1, 0.15) is 0 Å². The molecule has 0 saturated heterocycles. The molecule has 4 nitrogen and oxygen atoms in total. The second-order valence-electron chi connectivity index (χ2n) is 7.75. The highest BCUT2D eigenvalue weighted by Crippen LogP contribution is 2.19. The van der Waals surface area contributed by atoms with E-state index in [1.54, 1.807) is 0 Å². The summed E-state index contributed by atoms with van der Waals surface area (Å²) in [4.78, 5) is 8.80. The van der Waals surface area contributed by atoms with E-state index >= 15 is 0 Å². The molecule has 4 heterocycles. The molecule has 6 rings (SSSR count). The van der Waals surface area contributed by atoms with Crippen molar-refractivity contribution in [1.82, 2.24) is 9.97 Å². The van der Waals surface area contributed by atoms with Gasteiger partial charge in [-0.2, -0.15) is 9.13 Å².